The highest BCUT2D eigenvalue weighted by Gasteiger charge is 2.40. The molecule has 42 heavy (non-hydrogen) atoms. The van der Waals surface area contributed by atoms with Crippen LogP contribution in [0.15, 0.2) is 24.7 Å². The Morgan fingerprint density at radius 2 is 1.95 bits per heavy atom. The van der Waals surface area contributed by atoms with Crippen molar-refractivity contribution in [1.82, 2.24) is 29.3 Å². The van der Waals surface area contributed by atoms with E-state index in [1.165, 1.54) is 0 Å². The third-order valence-electron chi connectivity index (χ3n) is 8.58. The molecule has 2 fully saturated rings. The SMILES string of the molecule is COC[C@H](C)Nc1ncc2c(-c3cnn(C(C)(C)C(=O)N4CCOC(C(C)(C)O)C4)c3)cc([C@H]3CC[C@H](O)CC3)n2n1. The van der Waals surface area contributed by atoms with Crippen LogP contribution in [0.5, 0.6) is 0 Å². The van der Waals surface area contributed by atoms with Gasteiger partial charge in [-0.25, -0.2) is 9.50 Å². The zero-order valence-electron chi connectivity index (χ0n) is 25.6. The summed E-state index contributed by atoms with van der Waals surface area (Å²) in [6, 6.07) is 2.19. The van der Waals surface area contributed by atoms with Gasteiger partial charge < -0.3 is 29.9 Å². The van der Waals surface area contributed by atoms with Gasteiger partial charge in [0.25, 0.3) is 0 Å². The third-order valence-corrected chi connectivity index (χ3v) is 8.58. The summed E-state index contributed by atoms with van der Waals surface area (Å²) in [6.45, 7) is 10.8. The summed E-state index contributed by atoms with van der Waals surface area (Å²) in [5.41, 5.74) is 1.73. The van der Waals surface area contributed by atoms with E-state index < -0.39 is 17.2 Å². The van der Waals surface area contributed by atoms with Crippen LogP contribution in [-0.4, -0.2) is 103 Å². The molecule has 0 spiro atoms. The fraction of sp³-hybridized carbons (Fsp3) is 0.667. The summed E-state index contributed by atoms with van der Waals surface area (Å²) in [5.74, 6) is 0.692. The van der Waals surface area contributed by atoms with E-state index in [4.69, 9.17) is 14.6 Å². The molecule has 1 unspecified atom stereocenters. The predicted molar refractivity (Wildman–Crippen MR) is 158 cm³/mol. The highest BCUT2D eigenvalue weighted by molar-refractivity contribution is 5.85. The number of aromatic nitrogens is 5. The molecule has 0 bridgehead atoms. The minimum atomic E-state index is -1.05. The van der Waals surface area contributed by atoms with Gasteiger partial charge in [-0.1, -0.05) is 0 Å². The Bertz CT molecular complexity index is 1390. The normalized spacial score (nSPS) is 22.9. The van der Waals surface area contributed by atoms with E-state index in [9.17, 15) is 15.0 Å². The summed E-state index contributed by atoms with van der Waals surface area (Å²) in [4.78, 5) is 20.1. The van der Waals surface area contributed by atoms with Gasteiger partial charge in [0.05, 0.1) is 42.8 Å². The topological polar surface area (TPSA) is 139 Å². The number of nitrogens with one attached hydrogen (secondary N) is 1. The van der Waals surface area contributed by atoms with Gasteiger partial charge >= 0.3 is 0 Å². The third kappa shape index (κ3) is 6.17. The second-order valence-electron chi connectivity index (χ2n) is 12.9. The van der Waals surface area contributed by atoms with Crippen molar-refractivity contribution < 1.29 is 24.5 Å². The first-order valence-corrected chi connectivity index (χ1v) is 14.9. The van der Waals surface area contributed by atoms with Gasteiger partial charge in [0.2, 0.25) is 11.9 Å². The van der Waals surface area contributed by atoms with Crippen LogP contribution in [0.3, 0.4) is 0 Å². The number of amides is 1. The Labute approximate surface area is 247 Å². The van der Waals surface area contributed by atoms with Gasteiger partial charge in [-0.05, 0) is 66.4 Å². The van der Waals surface area contributed by atoms with E-state index in [1.807, 2.05) is 37.7 Å². The lowest BCUT2D eigenvalue weighted by Crippen LogP contribution is -2.57. The van der Waals surface area contributed by atoms with Crippen molar-refractivity contribution in [2.75, 3.05) is 38.7 Å². The zero-order valence-corrected chi connectivity index (χ0v) is 25.6. The fourth-order valence-corrected chi connectivity index (χ4v) is 6.00. The molecule has 2 aliphatic rings. The van der Waals surface area contributed by atoms with Crippen molar-refractivity contribution >= 4 is 17.4 Å². The lowest BCUT2D eigenvalue weighted by molar-refractivity contribution is -0.159. The van der Waals surface area contributed by atoms with Gasteiger partial charge in [0.15, 0.2) is 0 Å². The van der Waals surface area contributed by atoms with Crippen molar-refractivity contribution in [2.24, 2.45) is 0 Å². The van der Waals surface area contributed by atoms with Gasteiger partial charge in [0, 0.05) is 55.2 Å². The smallest absolute Gasteiger partial charge is 0.250 e. The molecule has 4 heterocycles. The van der Waals surface area contributed by atoms with E-state index in [1.54, 1.807) is 36.7 Å². The minimum Gasteiger partial charge on any atom is -0.393 e. The zero-order chi connectivity index (χ0) is 30.2. The van der Waals surface area contributed by atoms with Gasteiger partial charge in [-0.2, -0.15) is 5.10 Å². The standard InChI is InChI=1S/C30H45N7O5/c1-19(18-41-6)33-28-31-15-25-23(13-24(37(25)34-28)20-7-9-22(38)10-8-20)21-14-32-36(16-21)29(2,3)27(39)35-11-12-42-26(17-35)30(4,5)40/h13-16,19-20,22,26,38,40H,7-12,17-18H2,1-6H3,(H,33,34)/t19-,20-,22-,26?/m0/s1. The second kappa shape index (κ2) is 11.9. The van der Waals surface area contributed by atoms with Crippen molar-refractivity contribution in [3.05, 3.63) is 30.4 Å². The van der Waals surface area contributed by atoms with E-state index in [-0.39, 0.29) is 24.0 Å². The van der Waals surface area contributed by atoms with Gasteiger partial charge in [-0.15, -0.1) is 5.10 Å². The number of carbonyl (C=O) groups is 1. The summed E-state index contributed by atoms with van der Waals surface area (Å²) in [5, 5.41) is 33.4. The van der Waals surface area contributed by atoms with Crippen LogP contribution < -0.4 is 5.32 Å². The van der Waals surface area contributed by atoms with E-state index in [0.29, 0.717) is 32.3 Å². The number of rotatable bonds is 9. The molecule has 12 heteroatoms. The molecule has 1 amide bonds. The average Bonchev–Trinajstić information content (AvgIpc) is 3.59. The molecule has 1 saturated heterocycles. The number of aliphatic hydroxyl groups excluding tert-OH is 1. The van der Waals surface area contributed by atoms with Crippen LogP contribution in [0.2, 0.25) is 0 Å². The molecule has 12 nitrogen and oxygen atoms in total. The molecular weight excluding hydrogens is 538 g/mol. The van der Waals surface area contributed by atoms with E-state index >= 15 is 0 Å². The maximum absolute atomic E-state index is 13.7. The summed E-state index contributed by atoms with van der Waals surface area (Å²) >= 11 is 0. The van der Waals surface area contributed by atoms with Crippen LogP contribution in [0.1, 0.15) is 71.9 Å². The Hall–Kier alpha value is -3.06. The maximum atomic E-state index is 13.7. The van der Waals surface area contributed by atoms with Crippen LogP contribution in [0.25, 0.3) is 16.6 Å². The number of morpholine rings is 1. The largest absolute Gasteiger partial charge is 0.393 e. The number of anilines is 1. The Morgan fingerprint density at radius 1 is 1.21 bits per heavy atom. The highest BCUT2D eigenvalue weighted by atomic mass is 16.5. The van der Waals surface area contributed by atoms with Crippen molar-refractivity contribution in [3.8, 4) is 11.1 Å². The Kier molecular flexibility index (Phi) is 8.62. The number of nitrogens with zero attached hydrogens (tertiary/aromatic N) is 6. The molecule has 0 aromatic carbocycles. The molecule has 5 rings (SSSR count). The van der Waals surface area contributed by atoms with Crippen LogP contribution in [0, 0.1) is 0 Å². The lowest BCUT2D eigenvalue weighted by atomic mass is 9.85. The number of aliphatic hydroxyl groups is 2. The second-order valence-corrected chi connectivity index (χ2v) is 12.9. The Balaban J connectivity index is 1.46. The average molecular weight is 584 g/mol. The molecule has 3 aromatic rings. The molecule has 2 atom stereocenters. The first-order valence-electron chi connectivity index (χ1n) is 14.9. The number of hydrogen-bond acceptors (Lipinski definition) is 9. The van der Waals surface area contributed by atoms with Crippen molar-refractivity contribution in [3.63, 3.8) is 0 Å². The summed E-state index contributed by atoms with van der Waals surface area (Å²) in [7, 11) is 1.67. The molecule has 0 radical (unpaired) electrons. The number of methoxy groups -OCH3 is 1. The lowest BCUT2D eigenvalue weighted by Gasteiger charge is -2.41. The van der Waals surface area contributed by atoms with Crippen molar-refractivity contribution in [2.45, 2.75) is 95.6 Å². The van der Waals surface area contributed by atoms with Gasteiger partial charge in [-0.3, -0.25) is 9.48 Å². The van der Waals surface area contributed by atoms with E-state index in [0.717, 1.165) is 48.0 Å². The van der Waals surface area contributed by atoms with Crippen LogP contribution in [-0.2, 0) is 19.8 Å². The monoisotopic (exact) mass is 583 g/mol. The number of fused-ring (bicyclic) bond motifs is 1. The number of hydrogen-bond donors (Lipinski definition) is 3. The first-order chi connectivity index (χ1) is 19.9. The number of ether oxygens (including phenoxy) is 2. The molecule has 230 valence electrons. The quantitative estimate of drug-likeness (QED) is 0.347. The molecule has 1 aliphatic carbocycles. The molecular formula is C30H45N7O5. The highest BCUT2D eigenvalue weighted by Crippen LogP contribution is 2.38. The first kappa shape index (κ1) is 30.4. The minimum absolute atomic E-state index is 0.0407. The maximum Gasteiger partial charge on any atom is 0.250 e. The molecule has 1 aliphatic heterocycles. The summed E-state index contributed by atoms with van der Waals surface area (Å²) < 4.78 is 14.7. The summed E-state index contributed by atoms with van der Waals surface area (Å²) in [6.07, 6.45) is 8.09. The predicted octanol–water partition coefficient (Wildman–Crippen LogP) is 2.79. The molecule has 3 aromatic heterocycles. The van der Waals surface area contributed by atoms with Gasteiger partial charge in [0.1, 0.15) is 11.6 Å². The fourth-order valence-electron chi connectivity index (χ4n) is 6.00. The molecule has 3 N–H and O–H groups in total. The number of carbonyl (C=O) groups excluding carboxylic acids is 1. The van der Waals surface area contributed by atoms with E-state index in [2.05, 4.69) is 21.5 Å². The van der Waals surface area contributed by atoms with Crippen molar-refractivity contribution in [1.29, 1.82) is 0 Å². The molecule has 1 saturated carbocycles. The van der Waals surface area contributed by atoms with Crippen LogP contribution in [0.4, 0.5) is 5.95 Å². The Morgan fingerprint density at radius 3 is 2.64 bits per heavy atom. The van der Waals surface area contributed by atoms with Crippen LogP contribution >= 0.6 is 0 Å².